The Bertz CT molecular complexity index is 807. The van der Waals surface area contributed by atoms with E-state index in [9.17, 15) is 9.59 Å². The summed E-state index contributed by atoms with van der Waals surface area (Å²) in [6.07, 6.45) is 1.63. The summed E-state index contributed by atoms with van der Waals surface area (Å²) in [4.78, 5) is 30.9. The van der Waals surface area contributed by atoms with Crippen LogP contribution in [0.1, 0.15) is 28.9 Å². The molecule has 2 fully saturated rings. The molecule has 142 valence electrons. The Morgan fingerprint density at radius 3 is 2.56 bits per heavy atom. The minimum atomic E-state index is -0.480. The van der Waals surface area contributed by atoms with Crippen LogP contribution in [0.25, 0.3) is 0 Å². The summed E-state index contributed by atoms with van der Waals surface area (Å²) in [7, 11) is 0. The van der Waals surface area contributed by atoms with Gasteiger partial charge in [0.15, 0.2) is 10.9 Å². The quantitative estimate of drug-likeness (QED) is 0.871. The van der Waals surface area contributed by atoms with Crippen LogP contribution in [0.4, 0.5) is 5.13 Å². The molecule has 0 bridgehead atoms. The minimum absolute atomic E-state index is 0.0362. The normalized spacial score (nSPS) is 18.6. The molecule has 1 spiro atoms. The molecule has 2 aliphatic heterocycles. The molecule has 0 aliphatic carbocycles. The summed E-state index contributed by atoms with van der Waals surface area (Å²) in [5.41, 5.74) is 1.24. The fourth-order valence-electron chi connectivity index (χ4n) is 3.35. The largest absolute Gasteiger partial charge is 0.347 e. The molecule has 2 aliphatic rings. The molecule has 1 N–H and O–H groups in total. The van der Waals surface area contributed by atoms with E-state index in [0.717, 1.165) is 0 Å². The highest BCUT2D eigenvalue weighted by atomic mass is 32.1. The van der Waals surface area contributed by atoms with Crippen LogP contribution in [-0.4, -0.2) is 53.8 Å². The van der Waals surface area contributed by atoms with Crippen molar-refractivity contribution < 1.29 is 19.1 Å². The number of amides is 2. The van der Waals surface area contributed by atoms with Gasteiger partial charge in [-0.1, -0.05) is 18.2 Å². The first kappa shape index (κ1) is 18.1. The Morgan fingerprint density at radius 2 is 1.85 bits per heavy atom. The van der Waals surface area contributed by atoms with Gasteiger partial charge in [0.05, 0.1) is 25.3 Å². The number of hydrogen-bond donors (Lipinski definition) is 1. The Kier molecular flexibility index (Phi) is 5.20. The van der Waals surface area contributed by atoms with Crippen molar-refractivity contribution in [2.75, 3.05) is 31.6 Å². The van der Waals surface area contributed by atoms with Crippen molar-refractivity contribution in [2.24, 2.45) is 0 Å². The molecule has 0 atom stereocenters. The molecule has 3 heterocycles. The molecule has 0 radical (unpaired) electrons. The van der Waals surface area contributed by atoms with Crippen molar-refractivity contribution in [1.29, 1.82) is 0 Å². The lowest BCUT2D eigenvalue weighted by Crippen LogP contribution is -2.47. The number of anilines is 1. The summed E-state index contributed by atoms with van der Waals surface area (Å²) >= 11 is 1.32. The first-order valence-corrected chi connectivity index (χ1v) is 9.88. The fourth-order valence-corrected chi connectivity index (χ4v) is 4.06. The van der Waals surface area contributed by atoms with Gasteiger partial charge < -0.3 is 14.4 Å². The lowest BCUT2D eigenvalue weighted by atomic mass is 10.0. The van der Waals surface area contributed by atoms with Crippen LogP contribution < -0.4 is 5.32 Å². The predicted octanol–water partition coefficient (Wildman–Crippen LogP) is 2.30. The number of aromatic nitrogens is 1. The lowest BCUT2D eigenvalue weighted by Gasteiger charge is -2.37. The van der Waals surface area contributed by atoms with Crippen molar-refractivity contribution in [3.8, 4) is 0 Å². The zero-order valence-corrected chi connectivity index (χ0v) is 15.7. The molecule has 2 aromatic rings. The van der Waals surface area contributed by atoms with E-state index in [1.165, 1.54) is 11.3 Å². The number of carbonyl (C=O) groups is 2. The monoisotopic (exact) mass is 387 g/mol. The molecule has 8 heteroatoms. The zero-order valence-electron chi connectivity index (χ0n) is 14.8. The maximum atomic E-state index is 12.5. The average Bonchev–Trinajstić information content (AvgIpc) is 3.33. The summed E-state index contributed by atoms with van der Waals surface area (Å²) in [6.45, 7) is 2.51. The molecule has 4 rings (SSSR count). The van der Waals surface area contributed by atoms with Crippen molar-refractivity contribution >= 4 is 28.3 Å². The van der Waals surface area contributed by atoms with Crippen LogP contribution >= 0.6 is 11.3 Å². The van der Waals surface area contributed by atoms with Gasteiger partial charge >= 0.3 is 0 Å². The van der Waals surface area contributed by atoms with Crippen molar-refractivity contribution in [3.63, 3.8) is 0 Å². The van der Waals surface area contributed by atoms with Crippen molar-refractivity contribution in [3.05, 3.63) is 47.0 Å². The number of rotatable bonds is 4. The number of carbonyl (C=O) groups excluding carboxylic acids is 2. The van der Waals surface area contributed by atoms with Crippen molar-refractivity contribution in [1.82, 2.24) is 9.88 Å². The van der Waals surface area contributed by atoms with Gasteiger partial charge in [0.2, 0.25) is 5.91 Å². The van der Waals surface area contributed by atoms with Crippen LogP contribution in [0.5, 0.6) is 0 Å². The molecule has 7 nitrogen and oxygen atoms in total. The molecule has 0 unspecified atom stereocenters. The van der Waals surface area contributed by atoms with E-state index in [-0.39, 0.29) is 18.2 Å². The second-order valence-electron chi connectivity index (χ2n) is 6.63. The topological polar surface area (TPSA) is 80.8 Å². The molecule has 2 amide bonds. The second-order valence-corrected chi connectivity index (χ2v) is 7.49. The molecule has 1 aromatic carbocycles. The molecule has 2 saturated heterocycles. The van der Waals surface area contributed by atoms with Crippen LogP contribution in [-0.2, 0) is 20.7 Å². The van der Waals surface area contributed by atoms with Crippen LogP contribution in [0.15, 0.2) is 35.7 Å². The van der Waals surface area contributed by atoms with Gasteiger partial charge in [-0.3, -0.25) is 14.9 Å². The van der Waals surface area contributed by atoms with E-state index in [0.29, 0.717) is 55.5 Å². The molecule has 27 heavy (non-hydrogen) atoms. The molecule has 1 aromatic heterocycles. The second kappa shape index (κ2) is 7.75. The van der Waals surface area contributed by atoms with Crippen LogP contribution in [0.2, 0.25) is 0 Å². The third-order valence-corrected chi connectivity index (χ3v) is 5.64. The Morgan fingerprint density at radius 1 is 1.15 bits per heavy atom. The molecule has 0 saturated carbocycles. The number of benzene rings is 1. The molecular formula is C19H21N3O4S. The summed E-state index contributed by atoms with van der Waals surface area (Å²) < 4.78 is 11.4. The third kappa shape index (κ3) is 4.18. The lowest BCUT2D eigenvalue weighted by molar-refractivity contribution is -0.187. The van der Waals surface area contributed by atoms with Gasteiger partial charge in [-0.15, -0.1) is 11.3 Å². The first-order chi connectivity index (χ1) is 13.1. The number of likely N-dealkylation sites (tertiary alicyclic amines) is 1. The first-order valence-electron chi connectivity index (χ1n) is 9.00. The number of ether oxygens (including phenoxy) is 2. The number of thiazole rings is 1. The number of piperidine rings is 1. The summed E-state index contributed by atoms with van der Waals surface area (Å²) in [5, 5.41) is 5.08. The maximum Gasteiger partial charge on any atom is 0.257 e. The number of nitrogens with one attached hydrogen (secondary N) is 1. The van der Waals surface area contributed by atoms with Gasteiger partial charge in [-0.2, -0.15) is 0 Å². The zero-order chi connectivity index (χ0) is 18.7. The van der Waals surface area contributed by atoms with Gasteiger partial charge in [0, 0.05) is 36.9 Å². The average molecular weight is 387 g/mol. The Balaban J connectivity index is 1.30. The van der Waals surface area contributed by atoms with Crippen molar-refractivity contribution in [2.45, 2.75) is 25.0 Å². The predicted molar refractivity (Wildman–Crippen MR) is 101 cm³/mol. The molecular weight excluding hydrogens is 366 g/mol. The smallest absolute Gasteiger partial charge is 0.257 e. The SMILES string of the molecule is O=C(Nc1nc(CC(=O)N2CCC3(CC2)OCCO3)cs1)c1ccccc1. The van der Waals surface area contributed by atoms with E-state index < -0.39 is 5.79 Å². The van der Waals surface area contributed by atoms with Gasteiger partial charge in [0.1, 0.15) is 0 Å². The standard InChI is InChI=1S/C19H21N3O4S/c23-16(22-8-6-19(7-9-22)25-10-11-26-19)12-15-13-27-18(20-15)21-17(24)14-4-2-1-3-5-14/h1-5,13H,6-12H2,(H,20,21,24). The highest BCUT2D eigenvalue weighted by Gasteiger charge is 2.40. The van der Waals surface area contributed by atoms with Gasteiger partial charge in [-0.05, 0) is 12.1 Å². The fraction of sp³-hybridized carbons (Fsp3) is 0.421. The van der Waals surface area contributed by atoms with Crippen LogP contribution in [0.3, 0.4) is 0 Å². The van der Waals surface area contributed by atoms with E-state index in [4.69, 9.17) is 9.47 Å². The number of hydrogen-bond acceptors (Lipinski definition) is 6. The maximum absolute atomic E-state index is 12.5. The van der Waals surface area contributed by atoms with Gasteiger partial charge in [0.25, 0.3) is 5.91 Å². The Hall–Kier alpha value is -2.29. The highest BCUT2D eigenvalue weighted by molar-refractivity contribution is 7.14. The highest BCUT2D eigenvalue weighted by Crippen LogP contribution is 2.31. The van der Waals surface area contributed by atoms with E-state index in [2.05, 4.69) is 10.3 Å². The summed E-state index contributed by atoms with van der Waals surface area (Å²) in [6, 6.07) is 8.97. The van der Waals surface area contributed by atoms with Gasteiger partial charge in [-0.25, -0.2) is 4.98 Å². The van der Waals surface area contributed by atoms with E-state index in [1.807, 2.05) is 28.5 Å². The van der Waals surface area contributed by atoms with Crippen LogP contribution in [0, 0.1) is 0 Å². The van der Waals surface area contributed by atoms with E-state index >= 15 is 0 Å². The summed E-state index contributed by atoms with van der Waals surface area (Å²) in [5.74, 6) is -0.651. The Labute approximate surface area is 161 Å². The minimum Gasteiger partial charge on any atom is -0.347 e. The van der Waals surface area contributed by atoms with E-state index in [1.54, 1.807) is 12.1 Å². The number of nitrogens with zero attached hydrogens (tertiary/aromatic N) is 2. The third-order valence-electron chi connectivity index (χ3n) is 4.83.